The Bertz CT molecular complexity index is 1750. The molecule has 10 heteroatoms. The lowest BCUT2D eigenvalue weighted by molar-refractivity contribution is -0.139. The van der Waals surface area contributed by atoms with Crippen LogP contribution in [-0.2, 0) is 9.53 Å². The highest BCUT2D eigenvalue weighted by Crippen LogP contribution is 2.34. The number of nitrogens with zero attached hydrogens (tertiary/aromatic N) is 2. The van der Waals surface area contributed by atoms with Gasteiger partial charge in [-0.15, -0.1) is 0 Å². The fourth-order valence-electron chi connectivity index (χ4n) is 4.15. The summed E-state index contributed by atoms with van der Waals surface area (Å²) in [6, 6.07) is 15.1. The van der Waals surface area contributed by atoms with Crippen LogP contribution in [-0.4, -0.2) is 17.1 Å². The van der Waals surface area contributed by atoms with Crippen LogP contribution in [0.4, 0.5) is 0 Å². The summed E-state index contributed by atoms with van der Waals surface area (Å²) < 4.78 is 13.2. The molecule has 2 aromatic heterocycles. The summed E-state index contributed by atoms with van der Waals surface area (Å²) in [6.07, 6.45) is 1.65. The standard InChI is InChI=1S/C27H19Cl3N2O4S/c1-3-35-26(34)23-14(2)31-27-32(24(23)17-6-4-5-7-18(17)28)25(33)22(37-27)13-16-9-11-21(36-16)15-8-10-19(29)20(30)12-15/h4-13,24H,3H2,1-2H3/b22-13+. The molecule has 0 fully saturated rings. The molecule has 0 N–H and O–H groups in total. The molecule has 2 aromatic carbocycles. The van der Waals surface area contributed by atoms with Crippen molar-refractivity contribution in [3.05, 3.63) is 112 Å². The summed E-state index contributed by atoms with van der Waals surface area (Å²) in [5, 5.41) is 1.29. The highest BCUT2D eigenvalue weighted by Gasteiger charge is 2.34. The van der Waals surface area contributed by atoms with Crippen LogP contribution < -0.4 is 14.9 Å². The maximum Gasteiger partial charge on any atom is 0.338 e. The van der Waals surface area contributed by atoms with Gasteiger partial charge >= 0.3 is 5.97 Å². The number of hydrogen-bond acceptors (Lipinski definition) is 6. The number of carbonyl (C=O) groups excluding carboxylic acids is 1. The smallest absolute Gasteiger partial charge is 0.338 e. The third-order valence-electron chi connectivity index (χ3n) is 5.82. The molecule has 0 saturated carbocycles. The van der Waals surface area contributed by atoms with E-state index in [1.807, 2.05) is 6.07 Å². The van der Waals surface area contributed by atoms with Crippen molar-refractivity contribution in [2.24, 2.45) is 4.99 Å². The van der Waals surface area contributed by atoms with E-state index >= 15 is 0 Å². The second kappa shape index (κ2) is 10.3. The summed E-state index contributed by atoms with van der Waals surface area (Å²) in [4.78, 5) is 31.7. The Morgan fingerprint density at radius 3 is 2.62 bits per heavy atom. The molecule has 4 aromatic rings. The first-order valence-corrected chi connectivity index (χ1v) is 13.2. The number of esters is 1. The van der Waals surface area contributed by atoms with Gasteiger partial charge < -0.3 is 9.15 Å². The van der Waals surface area contributed by atoms with E-state index in [1.165, 1.54) is 15.9 Å². The largest absolute Gasteiger partial charge is 0.463 e. The highest BCUT2D eigenvalue weighted by atomic mass is 35.5. The van der Waals surface area contributed by atoms with Gasteiger partial charge in [0.25, 0.3) is 5.56 Å². The Labute approximate surface area is 230 Å². The van der Waals surface area contributed by atoms with Crippen LogP contribution in [0.2, 0.25) is 15.1 Å². The number of halogens is 3. The Morgan fingerprint density at radius 1 is 1.11 bits per heavy atom. The monoisotopic (exact) mass is 572 g/mol. The first-order valence-electron chi connectivity index (χ1n) is 11.3. The average Bonchev–Trinajstić information content (AvgIpc) is 3.45. The normalized spacial score (nSPS) is 15.5. The topological polar surface area (TPSA) is 73.8 Å². The van der Waals surface area contributed by atoms with Crippen LogP contribution in [0.3, 0.4) is 0 Å². The van der Waals surface area contributed by atoms with Crippen molar-refractivity contribution in [1.82, 2.24) is 4.57 Å². The number of fused-ring (bicyclic) bond motifs is 1. The number of ether oxygens (including phenoxy) is 1. The van der Waals surface area contributed by atoms with Crippen molar-refractivity contribution < 1.29 is 13.9 Å². The Kier molecular flexibility index (Phi) is 7.14. The van der Waals surface area contributed by atoms with E-state index in [1.54, 1.807) is 68.5 Å². The maximum atomic E-state index is 13.7. The molecule has 1 unspecified atom stereocenters. The average molecular weight is 574 g/mol. The molecule has 0 aliphatic carbocycles. The molecule has 37 heavy (non-hydrogen) atoms. The molecule has 0 radical (unpaired) electrons. The molecule has 188 valence electrons. The fourth-order valence-corrected chi connectivity index (χ4v) is 5.71. The Morgan fingerprint density at radius 2 is 1.89 bits per heavy atom. The molecule has 0 saturated heterocycles. The number of aromatic nitrogens is 1. The van der Waals surface area contributed by atoms with Gasteiger partial charge in [-0.2, -0.15) is 0 Å². The fraction of sp³-hybridized carbons (Fsp3) is 0.148. The first kappa shape index (κ1) is 25.5. The second-order valence-electron chi connectivity index (χ2n) is 8.15. The first-order chi connectivity index (χ1) is 17.8. The van der Waals surface area contributed by atoms with E-state index in [-0.39, 0.29) is 17.7 Å². The molecule has 0 spiro atoms. The zero-order valence-corrected chi connectivity index (χ0v) is 22.7. The van der Waals surface area contributed by atoms with E-state index in [0.717, 1.165) is 5.56 Å². The molecule has 1 atom stereocenters. The molecular formula is C27H19Cl3N2O4S. The van der Waals surface area contributed by atoms with Crippen molar-refractivity contribution in [2.45, 2.75) is 19.9 Å². The number of furan rings is 1. The molecule has 5 rings (SSSR count). The van der Waals surface area contributed by atoms with Crippen LogP contribution in [0.25, 0.3) is 17.4 Å². The quantitative estimate of drug-likeness (QED) is 0.274. The minimum atomic E-state index is -0.783. The van der Waals surface area contributed by atoms with Gasteiger partial charge in [0.15, 0.2) is 4.80 Å². The zero-order chi connectivity index (χ0) is 26.3. The summed E-state index contributed by atoms with van der Waals surface area (Å²) in [6.45, 7) is 3.64. The molecule has 6 nitrogen and oxygen atoms in total. The minimum absolute atomic E-state index is 0.189. The number of hydrogen-bond donors (Lipinski definition) is 0. The van der Waals surface area contributed by atoms with Gasteiger partial charge in [0, 0.05) is 16.7 Å². The van der Waals surface area contributed by atoms with E-state index in [2.05, 4.69) is 4.99 Å². The Hall–Kier alpha value is -3.10. The van der Waals surface area contributed by atoms with E-state index in [0.29, 0.717) is 47.2 Å². The number of carbonyl (C=O) groups is 1. The molecule has 3 heterocycles. The van der Waals surface area contributed by atoms with Crippen molar-refractivity contribution >= 4 is 58.2 Å². The number of thiazole rings is 1. The maximum absolute atomic E-state index is 13.7. The SMILES string of the molecule is CCOC(=O)C1=C(C)N=c2s/c(=C/c3ccc(-c4ccc(Cl)c(Cl)c4)o3)c(=O)n2C1c1ccccc1Cl. The highest BCUT2D eigenvalue weighted by molar-refractivity contribution is 7.07. The Balaban J connectivity index is 1.64. The molecule has 1 aliphatic heterocycles. The summed E-state index contributed by atoms with van der Waals surface area (Å²) in [5.41, 5.74) is 1.78. The molecule has 1 aliphatic rings. The molecule has 0 bridgehead atoms. The minimum Gasteiger partial charge on any atom is -0.463 e. The lowest BCUT2D eigenvalue weighted by Gasteiger charge is -2.25. The predicted octanol–water partition coefficient (Wildman–Crippen LogP) is 6.02. The van der Waals surface area contributed by atoms with Crippen molar-refractivity contribution in [2.75, 3.05) is 6.61 Å². The van der Waals surface area contributed by atoms with Gasteiger partial charge in [-0.3, -0.25) is 9.36 Å². The molecular weight excluding hydrogens is 555 g/mol. The van der Waals surface area contributed by atoms with Crippen LogP contribution in [0, 0.1) is 0 Å². The van der Waals surface area contributed by atoms with Crippen molar-refractivity contribution in [1.29, 1.82) is 0 Å². The van der Waals surface area contributed by atoms with Crippen LogP contribution >= 0.6 is 46.1 Å². The third-order valence-corrected chi connectivity index (χ3v) is 7.89. The third kappa shape index (κ3) is 4.80. The van der Waals surface area contributed by atoms with Crippen LogP contribution in [0.5, 0.6) is 0 Å². The van der Waals surface area contributed by atoms with Gasteiger partial charge in [-0.25, -0.2) is 9.79 Å². The van der Waals surface area contributed by atoms with Gasteiger partial charge in [-0.05, 0) is 55.8 Å². The lowest BCUT2D eigenvalue weighted by atomic mass is 9.96. The second-order valence-corrected chi connectivity index (χ2v) is 10.4. The number of allylic oxidation sites excluding steroid dienone is 1. The van der Waals surface area contributed by atoms with E-state index < -0.39 is 12.0 Å². The predicted molar refractivity (Wildman–Crippen MR) is 146 cm³/mol. The lowest BCUT2D eigenvalue weighted by Crippen LogP contribution is -2.40. The van der Waals surface area contributed by atoms with Gasteiger partial charge in [0.2, 0.25) is 0 Å². The van der Waals surface area contributed by atoms with Gasteiger partial charge in [-0.1, -0.05) is 64.3 Å². The number of benzene rings is 2. The number of rotatable bonds is 5. The van der Waals surface area contributed by atoms with E-state index in [9.17, 15) is 9.59 Å². The van der Waals surface area contributed by atoms with Crippen LogP contribution in [0.1, 0.15) is 31.2 Å². The van der Waals surface area contributed by atoms with Crippen LogP contribution in [0.15, 0.2) is 80.1 Å². The van der Waals surface area contributed by atoms with Crippen molar-refractivity contribution in [3.63, 3.8) is 0 Å². The summed E-state index contributed by atoms with van der Waals surface area (Å²) in [5.74, 6) is 0.509. The van der Waals surface area contributed by atoms with E-state index in [4.69, 9.17) is 44.0 Å². The zero-order valence-electron chi connectivity index (χ0n) is 19.6. The van der Waals surface area contributed by atoms with Gasteiger partial charge in [0.05, 0.1) is 32.5 Å². The van der Waals surface area contributed by atoms with Gasteiger partial charge in [0.1, 0.15) is 17.6 Å². The summed E-state index contributed by atoms with van der Waals surface area (Å²) >= 11 is 19.9. The van der Waals surface area contributed by atoms with Crippen molar-refractivity contribution in [3.8, 4) is 11.3 Å². The molecule has 0 amide bonds. The summed E-state index contributed by atoms with van der Waals surface area (Å²) in [7, 11) is 0.